The van der Waals surface area contributed by atoms with Crippen LogP contribution in [0.2, 0.25) is 6.04 Å². The Kier molecular flexibility index (Phi) is 33.4. The third-order valence-electron chi connectivity index (χ3n) is 21.4. The maximum Gasteiger partial charge on any atom is 0.500 e. The summed E-state index contributed by atoms with van der Waals surface area (Å²) in [6.07, 6.45) is -40.0. The lowest BCUT2D eigenvalue weighted by Crippen LogP contribution is -2.74. The third kappa shape index (κ3) is 20.0. The van der Waals surface area contributed by atoms with Crippen LogP contribution in [0.5, 0.6) is 17.2 Å². The van der Waals surface area contributed by atoms with Gasteiger partial charge in [-0.15, -0.1) is 0 Å². The summed E-state index contributed by atoms with van der Waals surface area (Å²) in [7, 11) is 2.32. The van der Waals surface area contributed by atoms with E-state index >= 15 is 26.3 Å². The minimum atomic E-state index is -9.27. The van der Waals surface area contributed by atoms with Crippen molar-refractivity contribution in [3.05, 3.63) is 159 Å². The lowest BCUT2D eigenvalue weighted by atomic mass is 9.75. The van der Waals surface area contributed by atoms with Crippen molar-refractivity contribution in [3.63, 3.8) is 0 Å². The van der Waals surface area contributed by atoms with Crippen molar-refractivity contribution in [2.24, 2.45) is 0 Å². The Labute approximate surface area is 740 Å². The molecule has 0 N–H and O–H groups in total. The number of halogens is 51. The predicted molar refractivity (Wildman–Crippen MR) is 368 cm³/mol. The Morgan fingerprint density at radius 2 is 0.522 bits per heavy atom. The van der Waals surface area contributed by atoms with Gasteiger partial charge in [0.2, 0.25) is 5.75 Å². The number of benzene rings is 5. The first-order chi connectivity index (χ1) is 62.0. The number of alkyl halides is 51. The van der Waals surface area contributed by atoms with Gasteiger partial charge >= 0.3 is 158 Å². The van der Waals surface area contributed by atoms with E-state index in [1.807, 2.05) is 12.1 Å². The number of carbonyl (C=O) groups excluding carboxylic acids is 2. The van der Waals surface area contributed by atoms with E-state index in [4.69, 9.17) is 27.5 Å². The summed E-state index contributed by atoms with van der Waals surface area (Å²) < 4.78 is 750. The molecule has 0 aromatic heterocycles. The second-order valence-electron chi connectivity index (χ2n) is 30.3. The topological polar surface area (TPSA) is 98.8 Å². The summed E-state index contributed by atoms with van der Waals surface area (Å²) in [4.78, 5) is 27.1. The number of esters is 1. The molecule has 0 saturated carbocycles. The highest BCUT2D eigenvalue weighted by Gasteiger charge is 2.99. The van der Waals surface area contributed by atoms with Crippen molar-refractivity contribution < 1.29 is 266 Å². The number of carbonyl (C=O) groups is 2. The number of ketones is 1. The van der Waals surface area contributed by atoms with Gasteiger partial charge < -0.3 is 32.2 Å². The monoisotopic (exact) mass is 2130 g/mol. The molecule has 138 heavy (non-hydrogen) atoms. The Bertz CT molecular complexity index is 4790. The fraction of sp³-hybridized carbons (Fsp3) is 0.584. The van der Waals surface area contributed by atoms with Gasteiger partial charge in [0.25, 0.3) is 0 Å². The van der Waals surface area contributed by atoms with Gasteiger partial charge in [-0.25, -0.2) is 0 Å². The summed E-state index contributed by atoms with van der Waals surface area (Å²) in [5.74, 6) is -193. The molecule has 2 aliphatic carbocycles. The molecule has 2 aliphatic rings. The Balaban J connectivity index is 0.000000916. The van der Waals surface area contributed by atoms with Gasteiger partial charge in [-0.05, 0) is 107 Å². The van der Waals surface area contributed by atoms with Crippen molar-refractivity contribution in [3.8, 4) is 17.2 Å². The molecule has 0 fully saturated rings. The molecule has 61 heteroatoms. The third-order valence-corrected chi connectivity index (χ3v) is 24.2. The van der Waals surface area contributed by atoms with Gasteiger partial charge in [0.05, 0.1) is 25.7 Å². The maximum absolute atomic E-state index is 15.0. The second-order valence-corrected chi connectivity index (χ2v) is 33.4. The number of rotatable bonds is 45. The summed E-state index contributed by atoms with van der Waals surface area (Å²) in [6, 6.07) is 27.6. The molecular formula is C77H61F51O9Si. The molecule has 7 rings (SSSR count). The van der Waals surface area contributed by atoms with E-state index < -0.39 is 251 Å². The van der Waals surface area contributed by atoms with Crippen molar-refractivity contribution >= 4 is 20.6 Å². The van der Waals surface area contributed by atoms with Crippen molar-refractivity contribution in [2.45, 2.75) is 238 Å². The molecule has 0 saturated heterocycles. The molecule has 5 aromatic rings. The largest absolute Gasteiger partial charge is 0.500 e. The van der Waals surface area contributed by atoms with Gasteiger partial charge in [0.1, 0.15) is 18.3 Å². The number of hydrogen-bond acceptors (Lipinski definition) is 9. The first-order valence-electron chi connectivity index (χ1n) is 37.8. The van der Waals surface area contributed by atoms with Crippen LogP contribution in [0.15, 0.2) is 109 Å². The zero-order valence-corrected chi connectivity index (χ0v) is 69.3. The molecule has 0 unspecified atom stereocenters. The van der Waals surface area contributed by atoms with Crippen LogP contribution >= 0.6 is 0 Å². The highest BCUT2D eigenvalue weighted by molar-refractivity contribution is 6.60. The Morgan fingerprint density at radius 1 is 0.290 bits per heavy atom. The molecule has 0 amide bonds. The number of fused-ring (bicyclic) bond motifs is 4. The zero-order chi connectivity index (χ0) is 107. The summed E-state index contributed by atoms with van der Waals surface area (Å²) >= 11 is 0. The minimum absolute atomic E-state index is 0.0135. The summed E-state index contributed by atoms with van der Waals surface area (Å²) in [5.41, 5.74) is 4.22. The van der Waals surface area contributed by atoms with Crippen LogP contribution in [0.4, 0.5) is 224 Å². The van der Waals surface area contributed by atoms with Gasteiger partial charge in [0, 0.05) is 53.1 Å². The van der Waals surface area contributed by atoms with Crippen LogP contribution in [0, 0.1) is 0 Å². The van der Waals surface area contributed by atoms with E-state index in [1.165, 1.54) is 59.7 Å². The standard InChI is InChI=1S/C55H33F51O5.C22H28O4Si/c56-32(57,35(62,63)38(68,69)41(74,75)44(80,81)47(86,87)50(92,93)53(98,99)100)12-5-15-108-27-18-22(21-111-31(107)29-25-10-3-1-8-23(25)20-24-9-2-4-11-26(24)29)19-28(109-16-6-13-33(58,59)36(64,65)39(70,71)42(76,77)45(82,83)48(88,89)51(94,95)54(101,102)103)30(27)110-17-7-14-34(60,61)37(66,67)40(72,73)43(78,79)46(84,85)49(90,91)52(96,97)55(104,105)106;1-24-27(25-2,26-3)15-9-8-14-21(23)22-19-12-6-4-10-17(19)16-18-11-5-7-13-20(18)22/h1-4,8-11,18-19,29H,5-7,12-17,20-21H2;4-7,10-13,22H,8-9,14-16H2,1-3H3. The van der Waals surface area contributed by atoms with E-state index in [0.717, 1.165) is 36.4 Å². The van der Waals surface area contributed by atoms with Crippen molar-refractivity contribution in [1.82, 2.24) is 0 Å². The summed E-state index contributed by atoms with van der Waals surface area (Å²) in [5, 5.41) is 0. The molecular weight excluding hydrogens is 2070 g/mol. The smallest absolute Gasteiger partial charge is 0.490 e. The molecule has 5 aromatic carbocycles. The van der Waals surface area contributed by atoms with Crippen molar-refractivity contribution in [1.29, 1.82) is 0 Å². The predicted octanol–water partition coefficient (Wildman–Crippen LogP) is 27.3. The minimum Gasteiger partial charge on any atom is -0.490 e. The van der Waals surface area contributed by atoms with Gasteiger partial charge in [-0.1, -0.05) is 97.1 Å². The molecule has 784 valence electrons. The van der Waals surface area contributed by atoms with E-state index in [-0.39, 0.29) is 52.5 Å². The number of ether oxygens (including phenoxy) is 4. The first-order valence-corrected chi connectivity index (χ1v) is 39.8. The lowest BCUT2D eigenvalue weighted by Gasteiger charge is -2.42. The van der Waals surface area contributed by atoms with Gasteiger partial charge in [0.15, 0.2) is 11.5 Å². The van der Waals surface area contributed by atoms with Crippen LogP contribution in [0.3, 0.4) is 0 Å². The number of hydrogen-bond donors (Lipinski definition) is 0. The highest BCUT2D eigenvalue weighted by Crippen LogP contribution is 2.69. The van der Waals surface area contributed by atoms with E-state index in [1.54, 1.807) is 21.3 Å². The quantitative estimate of drug-likeness (QED) is 0.0163. The van der Waals surface area contributed by atoms with Crippen LogP contribution < -0.4 is 14.2 Å². The second kappa shape index (κ2) is 39.1. The average Bonchev–Trinajstić information content (AvgIpc) is 0.700. The van der Waals surface area contributed by atoms with Crippen molar-refractivity contribution in [2.75, 3.05) is 41.2 Å². The SMILES string of the molecule is CO[Si](CCCCC(=O)C1c2ccccc2Cc2ccccc21)(OC)OC.O=C(OCc1cc(OCCCC(F)(F)C(F)(F)C(F)(F)C(F)(F)C(F)(F)C(F)(F)C(F)(F)C(F)(F)F)c(OCCCC(F)(F)C(F)(F)C(F)(F)C(F)(F)C(F)(F)C(F)(F)C(F)(F)C(F)(F)F)c(OCCCC(F)(F)C(F)(F)C(F)(F)C(F)(F)C(F)(F)C(F)(F)C(F)(F)C(F)(F)F)c1)C1c2ccccc2Cc2ccccc21. The molecule has 0 heterocycles. The molecule has 9 nitrogen and oxygen atoms in total. The number of Topliss-reactive ketones (excluding diaryl/α,β-unsaturated/α-hetero) is 1. The zero-order valence-electron chi connectivity index (χ0n) is 68.3. The summed E-state index contributed by atoms with van der Waals surface area (Å²) in [6.45, 7) is -8.87. The Morgan fingerprint density at radius 3 is 0.775 bits per heavy atom. The van der Waals surface area contributed by atoms with Gasteiger partial charge in [-0.3, -0.25) is 9.59 Å². The van der Waals surface area contributed by atoms with E-state index in [9.17, 15) is 207 Å². The fourth-order valence-corrected chi connectivity index (χ4v) is 15.2. The van der Waals surface area contributed by atoms with Gasteiger partial charge in [-0.2, -0.15) is 224 Å². The maximum atomic E-state index is 15.0. The molecule has 0 atom stereocenters. The number of unbranched alkanes of at least 4 members (excludes halogenated alkanes) is 1. The van der Waals surface area contributed by atoms with Crippen LogP contribution in [-0.2, 0) is 47.1 Å². The lowest BCUT2D eigenvalue weighted by molar-refractivity contribution is -0.461. The van der Waals surface area contributed by atoms with E-state index in [0.29, 0.717) is 6.42 Å². The normalized spacial score (nSPS) is 15.6. The Hall–Kier alpha value is -8.83. The average molecular weight is 2130 g/mol. The first kappa shape index (κ1) is 118. The highest BCUT2D eigenvalue weighted by atomic mass is 28.4. The molecule has 0 radical (unpaired) electrons. The molecule has 0 spiro atoms. The van der Waals surface area contributed by atoms with Crippen LogP contribution in [0.25, 0.3) is 0 Å². The molecule has 0 aliphatic heterocycles. The molecule has 0 bridgehead atoms. The fourth-order valence-electron chi connectivity index (χ4n) is 13.4. The van der Waals surface area contributed by atoms with Crippen LogP contribution in [0.1, 0.15) is 120 Å². The van der Waals surface area contributed by atoms with E-state index in [2.05, 4.69) is 41.1 Å². The van der Waals surface area contributed by atoms with Crippen LogP contribution in [-0.4, -0.2) is 205 Å².